The zero-order chi connectivity index (χ0) is 9.68. The quantitative estimate of drug-likeness (QED) is 0.415. The number of nitrogen functional groups attached to an aromatic ring is 2. The Bertz CT molecular complexity index is 257. The number of aromatic nitrogens is 2. The van der Waals surface area contributed by atoms with Crippen LogP contribution in [0.25, 0.3) is 0 Å². The highest BCUT2D eigenvalue weighted by atomic mass is 32.1. The zero-order valence-corrected chi connectivity index (χ0v) is 8.09. The highest BCUT2D eigenvalue weighted by molar-refractivity contribution is 7.80. The molecule has 5 nitrogen and oxygen atoms in total. The highest BCUT2D eigenvalue weighted by Crippen LogP contribution is 2.07. The largest absolute Gasteiger partial charge is 0.383 e. The number of nitrogens with two attached hydrogens (primary N) is 2. The molecule has 0 radical (unpaired) electrons. The lowest BCUT2D eigenvalue weighted by Crippen LogP contribution is -2.08. The Labute approximate surface area is 82.4 Å². The lowest BCUT2D eigenvalue weighted by atomic mass is 10.5. The summed E-state index contributed by atoms with van der Waals surface area (Å²) in [7, 11) is 0. The minimum atomic E-state index is 0.376. The summed E-state index contributed by atoms with van der Waals surface area (Å²) in [5, 5.41) is 3.00. The molecule has 0 aliphatic rings. The van der Waals surface area contributed by atoms with Gasteiger partial charge in [0.2, 0.25) is 5.95 Å². The molecule has 1 aromatic heterocycles. The average molecular weight is 199 g/mol. The molecule has 0 bridgehead atoms. The first-order valence-electron chi connectivity index (χ1n) is 3.97. The Hall–Kier alpha value is -1.17. The molecule has 13 heavy (non-hydrogen) atoms. The van der Waals surface area contributed by atoms with E-state index in [4.69, 9.17) is 11.5 Å². The molecule has 0 fully saturated rings. The summed E-state index contributed by atoms with van der Waals surface area (Å²) in [6.45, 7) is 0.770. The fourth-order valence-corrected chi connectivity index (χ4v) is 1.00. The molecule has 0 spiro atoms. The Balaban J connectivity index is 2.56. The first-order valence-corrected chi connectivity index (χ1v) is 4.60. The molecule has 72 valence electrons. The summed E-state index contributed by atoms with van der Waals surface area (Å²) in [6.07, 6.45) is 0.946. The Kier molecular flexibility index (Phi) is 3.63. The Morgan fingerprint density at radius 2 is 1.92 bits per heavy atom. The molecule has 1 rings (SSSR count). The second-order valence-corrected chi connectivity index (χ2v) is 2.99. The topological polar surface area (TPSA) is 89.9 Å². The first kappa shape index (κ1) is 9.91. The van der Waals surface area contributed by atoms with E-state index in [1.807, 2.05) is 0 Å². The van der Waals surface area contributed by atoms with Crippen LogP contribution in [0.4, 0.5) is 17.6 Å². The molecule has 0 aliphatic carbocycles. The third-order valence-corrected chi connectivity index (χ3v) is 1.70. The van der Waals surface area contributed by atoms with Crippen molar-refractivity contribution >= 4 is 30.2 Å². The Morgan fingerprint density at radius 1 is 1.31 bits per heavy atom. The van der Waals surface area contributed by atoms with E-state index in [0.29, 0.717) is 17.6 Å². The van der Waals surface area contributed by atoms with E-state index in [1.54, 1.807) is 0 Å². The van der Waals surface area contributed by atoms with Gasteiger partial charge >= 0.3 is 0 Å². The van der Waals surface area contributed by atoms with Crippen LogP contribution >= 0.6 is 12.6 Å². The van der Waals surface area contributed by atoms with Crippen LogP contribution in [0.1, 0.15) is 6.42 Å². The summed E-state index contributed by atoms with van der Waals surface area (Å²) in [6, 6.07) is 1.52. The van der Waals surface area contributed by atoms with Gasteiger partial charge in [-0.3, -0.25) is 0 Å². The van der Waals surface area contributed by atoms with Crippen LogP contribution in [-0.2, 0) is 0 Å². The van der Waals surface area contributed by atoms with Gasteiger partial charge in [-0.05, 0) is 12.2 Å². The van der Waals surface area contributed by atoms with Gasteiger partial charge in [0.25, 0.3) is 0 Å². The third kappa shape index (κ3) is 3.37. The van der Waals surface area contributed by atoms with Gasteiger partial charge in [-0.15, -0.1) is 0 Å². The maximum absolute atomic E-state index is 5.48. The van der Waals surface area contributed by atoms with Crippen molar-refractivity contribution in [3.63, 3.8) is 0 Å². The van der Waals surface area contributed by atoms with E-state index < -0.39 is 0 Å². The highest BCUT2D eigenvalue weighted by Gasteiger charge is 1.98. The summed E-state index contributed by atoms with van der Waals surface area (Å²) in [5.74, 6) is 2.05. The number of hydrogen-bond acceptors (Lipinski definition) is 6. The van der Waals surface area contributed by atoms with E-state index in [9.17, 15) is 0 Å². The summed E-state index contributed by atoms with van der Waals surface area (Å²) < 4.78 is 0. The fraction of sp³-hybridized carbons (Fsp3) is 0.429. The molecule has 0 unspecified atom stereocenters. The van der Waals surface area contributed by atoms with Crippen LogP contribution in [-0.4, -0.2) is 22.3 Å². The van der Waals surface area contributed by atoms with Crippen molar-refractivity contribution in [1.29, 1.82) is 0 Å². The van der Waals surface area contributed by atoms with Gasteiger partial charge in [0, 0.05) is 12.6 Å². The van der Waals surface area contributed by atoms with Gasteiger partial charge in [-0.1, -0.05) is 0 Å². The lowest BCUT2D eigenvalue weighted by molar-refractivity contribution is 0.967. The van der Waals surface area contributed by atoms with Gasteiger partial charge in [0.05, 0.1) is 0 Å². The molecule has 6 heteroatoms. The van der Waals surface area contributed by atoms with Crippen molar-refractivity contribution in [1.82, 2.24) is 9.97 Å². The van der Waals surface area contributed by atoms with E-state index in [-0.39, 0.29) is 0 Å². The number of thiol groups is 1. The fourth-order valence-electron chi connectivity index (χ4n) is 0.844. The Morgan fingerprint density at radius 3 is 2.46 bits per heavy atom. The standard InChI is InChI=1S/C7H13N5S/c8-5-4-6(9)12-7(11-5)10-2-1-3-13/h4,13H,1-3H2,(H5,8,9,10,11,12). The van der Waals surface area contributed by atoms with E-state index >= 15 is 0 Å². The van der Waals surface area contributed by atoms with Crippen molar-refractivity contribution < 1.29 is 0 Å². The number of anilines is 3. The van der Waals surface area contributed by atoms with Crippen LogP contribution in [0.3, 0.4) is 0 Å². The van der Waals surface area contributed by atoms with E-state index in [2.05, 4.69) is 27.9 Å². The molecule has 0 saturated heterocycles. The van der Waals surface area contributed by atoms with Crippen molar-refractivity contribution in [3.05, 3.63) is 6.07 Å². The minimum absolute atomic E-state index is 0.376. The molecular weight excluding hydrogens is 186 g/mol. The molecule has 0 aliphatic heterocycles. The molecule has 0 saturated carbocycles. The second kappa shape index (κ2) is 4.76. The third-order valence-electron chi connectivity index (χ3n) is 1.38. The van der Waals surface area contributed by atoms with Gasteiger partial charge in [0.15, 0.2) is 0 Å². The van der Waals surface area contributed by atoms with Crippen molar-refractivity contribution in [2.24, 2.45) is 0 Å². The van der Waals surface area contributed by atoms with Gasteiger partial charge in [-0.2, -0.15) is 22.6 Å². The number of nitrogens with one attached hydrogen (secondary N) is 1. The molecular formula is C7H13N5S. The predicted octanol–water partition coefficient (Wildman–Crippen LogP) is 0.373. The molecule has 1 aromatic rings. The second-order valence-electron chi connectivity index (χ2n) is 2.55. The van der Waals surface area contributed by atoms with E-state index in [1.165, 1.54) is 6.07 Å². The zero-order valence-electron chi connectivity index (χ0n) is 7.20. The van der Waals surface area contributed by atoms with Crippen LogP contribution in [0.2, 0.25) is 0 Å². The molecule has 5 N–H and O–H groups in total. The minimum Gasteiger partial charge on any atom is -0.383 e. The lowest BCUT2D eigenvalue weighted by Gasteiger charge is -2.04. The number of nitrogens with zero attached hydrogens (tertiary/aromatic N) is 2. The molecule has 1 heterocycles. The van der Waals surface area contributed by atoms with Crippen LogP contribution in [0, 0.1) is 0 Å². The van der Waals surface area contributed by atoms with Crippen LogP contribution < -0.4 is 16.8 Å². The number of hydrogen-bond donors (Lipinski definition) is 4. The normalized spacial score (nSPS) is 9.92. The van der Waals surface area contributed by atoms with E-state index in [0.717, 1.165) is 18.7 Å². The average Bonchev–Trinajstić information content (AvgIpc) is 2.03. The van der Waals surface area contributed by atoms with Crippen LogP contribution in [0.5, 0.6) is 0 Å². The van der Waals surface area contributed by atoms with Gasteiger partial charge in [0.1, 0.15) is 11.6 Å². The SMILES string of the molecule is Nc1cc(N)nc(NCCCS)n1. The smallest absolute Gasteiger partial charge is 0.226 e. The molecule has 0 amide bonds. The maximum atomic E-state index is 5.48. The predicted molar refractivity (Wildman–Crippen MR) is 57.8 cm³/mol. The van der Waals surface area contributed by atoms with Crippen molar-refractivity contribution in [2.45, 2.75) is 6.42 Å². The molecule has 0 aromatic carbocycles. The first-order chi connectivity index (χ1) is 6.22. The molecule has 0 atom stereocenters. The summed E-state index contributed by atoms with van der Waals surface area (Å²) in [5.41, 5.74) is 11.0. The summed E-state index contributed by atoms with van der Waals surface area (Å²) >= 11 is 4.08. The van der Waals surface area contributed by atoms with Crippen molar-refractivity contribution in [3.8, 4) is 0 Å². The maximum Gasteiger partial charge on any atom is 0.226 e. The summed E-state index contributed by atoms with van der Waals surface area (Å²) in [4.78, 5) is 7.91. The monoisotopic (exact) mass is 199 g/mol. The number of rotatable bonds is 4. The van der Waals surface area contributed by atoms with Gasteiger partial charge < -0.3 is 16.8 Å². The van der Waals surface area contributed by atoms with Crippen LogP contribution in [0.15, 0.2) is 6.07 Å². The van der Waals surface area contributed by atoms with Gasteiger partial charge in [-0.25, -0.2) is 0 Å². The van der Waals surface area contributed by atoms with Crippen molar-refractivity contribution in [2.75, 3.05) is 29.1 Å².